The molecule has 1 unspecified atom stereocenters. The number of rotatable bonds is 5. The Balaban J connectivity index is 0.00000220. The monoisotopic (exact) mass is 315 g/mol. The van der Waals surface area contributed by atoms with Gasteiger partial charge in [-0.3, -0.25) is 9.59 Å². The molecular weight excluding hydrogens is 298 g/mol. The lowest BCUT2D eigenvalue weighted by atomic mass is 10.1. The summed E-state index contributed by atoms with van der Waals surface area (Å²) in [7, 11) is 0. The van der Waals surface area contributed by atoms with Crippen LogP contribution in [0.15, 0.2) is 23.9 Å². The van der Waals surface area contributed by atoms with Crippen molar-refractivity contribution in [1.82, 2.24) is 10.0 Å². The van der Waals surface area contributed by atoms with E-state index in [1.165, 1.54) is 11.1 Å². The molecule has 0 bridgehead atoms. The molecule has 2 aliphatic heterocycles. The molecule has 1 fully saturated rings. The number of hydrazine groups is 1. The molecule has 0 aliphatic carbocycles. The van der Waals surface area contributed by atoms with Gasteiger partial charge in [-0.25, -0.2) is 14.8 Å². The molecule has 0 aromatic rings. The third kappa shape index (κ3) is 2.99. The number of ketones is 1. The Labute approximate surface area is 128 Å². The van der Waals surface area contributed by atoms with Crippen molar-refractivity contribution >= 4 is 30.1 Å². The van der Waals surface area contributed by atoms with Gasteiger partial charge in [0.25, 0.3) is 5.91 Å². The molecule has 1 amide bonds. The number of halogens is 1. The Morgan fingerprint density at radius 1 is 1.52 bits per heavy atom. The van der Waals surface area contributed by atoms with Crippen molar-refractivity contribution in [1.29, 1.82) is 0 Å². The van der Waals surface area contributed by atoms with Crippen molar-refractivity contribution < 1.29 is 19.1 Å². The highest BCUT2D eigenvalue weighted by Gasteiger charge is 2.47. The molecule has 2 heterocycles. The van der Waals surface area contributed by atoms with Crippen LogP contribution in [0, 0.1) is 0 Å². The van der Waals surface area contributed by atoms with Gasteiger partial charge in [-0.2, -0.15) is 0 Å². The summed E-state index contributed by atoms with van der Waals surface area (Å²) in [5, 5.41) is 2.78. The topological polar surface area (TPSA) is 92.9 Å². The zero-order valence-corrected chi connectivity index (χ0v) is 12.5. The van der Waals surface area contributed by atoms with E-state index in [0.717, 1.165) is 0 Å². The molecule has 0 saturated carbocycles. The van der Waals surface area contributed by atoms with Crippen molar-refractivity contribution in [3.8, 4) is 0 Å². The standard InChI is InChI=1S/C13H17N3O4.ClH/c1-3-5-20-13(19)11-8(10(17)4-2)6-15-7-9(14)12(18)16(11)15;/h3,9H,1,4-7,14H2,2H3;1H. The predicted molar refractivity (Wildman–Crippen MR) is 77.1 cm³/mol. The molecule has 8 heteroatoms. The number of carbonyl (C=O) groups excluding carboxylic acids is 3. The third-order valence-corrected chi connectivity index (χ3v) is 3.24. The summed E-state index contributed by atoms with van der Waals surface area (Å²) in [5.74, 6) is -1.27. The molecule has 1 atom stereocenters. The first-order valence-electron chi connectivity index (χ1n) is 6.40. The summed E-state index contributed by atoms with van der Waals surface area (Å²) in [6, 6.07) is -0.685. The maximum atomic E-state index is 12.1. The van der Waals surface area contributed by atoms with Crippen molar-refractivity contribution in [3.63, 3.8) is 0 Å². The number of esters is 1. The van der Waals surface area contributed by atoms with Crippen LogP contribution in [0.2, 0.25) is 0 Å². The zero-order chi connectivity index (χ0) is 14.9. The van der Waals surface area contributed by atoms with E-state index < -0.39 is 17.9 Å². The van der Waals surface area contributed by atoms with Crippen LogP contribution in [0.5, 0.6) is 0 Å². The lowest BCUT2D eigenvalue weighted by Gasteiger charge is -2.20. The van der Waals surface area contributed by atoms with Crippen LogP contribution in [0.3, 0.4) is 0 Å². The van der Waals surface area contributed by atoms with Crippen molar-refractivity contribution in [2.24, 2.45) is 5.73 Å². The minimum atomic E-state index is -0.702. The average Bonchev–Trinajstić information content (AvgIpc) is 2.93. The van der Waals surface area contributed by atoms with Crippen LogP contribution in [-0.2, 0) is 19.1 Å². The van der Waals surface area contributed by atoms with E-state index >= 15 is 0 Å². The molecule has 21 heavy (non-hydrogen) atoms. The Hall–Kier alpha value is -1.70. The molecule has 0 radical (unpaired) electrons. The number of Topliss-reactive ketones (excluding diaryl/α,β-unsaturated/α-hetero) is 1. The number of ether oxygens (including phenoxy) is 1. The number of hydrogen-bond acceptors (Lipinski definition) is 6. The Kier molecular flexibility index (Phi) is 5.65. The molecule has 0 aromatic carbocycles. The molecule has 2 aliphatic rings. The van der Waals surface area contributed by atoms with E-state index in [9.17, 15) is 14.4 Å². The fourth-order valence-corrected chi connectivity index (χ4v) is 2.30. The van der Waals surface area contributed by atoms with Gasteiger partial charge in [-0.15, -0.1) is 12.4 Å². The highest BCUT2D eigenvalue weighted by atomic mass is 35.5. The minimum Gasteiger partial charge on any atom is -0.457 e. The number of nitrogens with zero attached hydrogens (tertiary/aromatic N) is 2. The first kappa shape index (κ1) is 17.4. The lowest BCUT2D eigenvalue weighted by Crippen LogP contribution is -2.38. The average molecular weight is 316 g/mol. The second-order valence-corrected chi connectivity index (χ2v) is 4.59. The number of hydrogen-bond donors (Lipinski definition) is 1. The van der Waals surface area contributed by atoms with Gasteiger partial charge in [0, 0.05) is 25.1 Å². The summed E-state index contributed by atoms with van der Waals surface area (Å²) in [6.45, 7) is 5.67. The van der Waals surface area contributed by atoms with E-state index in [1.54, 1.807) is 11.9 Å². The van der Waals surface area contributed by atoms with E-state index in [2.05, 4.69) is 6.58 Å². The summed E-state index contributed by atoms with van der Waals surface area (Å²) >= 11 is 0. The maximum Gasteiger partial charge on any atom is 0.357 e. The van der Waals surface area contributed by atoms with Gasteiger partial charge in [-0.05, 0) is 0 Å². The lowest BCUT2D eigenvalue weighted by molar-refractivity contribution is -0.146. The Bertz CT molecular complexity index is 518. The Morgan fingerprint density at radius 3 is 2.76 bits per heavy atom. The molecule has 116 valence electrons. The van der Waals surface area contributed by atoms with Gasteiger partial charge in [-0.1, -0.05) is 19.6 Å². The number of carbonyl (C=O) groups is 3. The summed E-state index contributed by atoms with van der Waals surface area (Å²) in [6.07, 6.45) is 1.68. The van der Waals surface area contributed by atoms with Crippen LogP contribution >= 0.6 is 12.4 Å². The van der Waals surface area contributed by atoms with E-state index in [-0.39, 0.29) is 50.0 Å². The Morgan fingerprint density at radius 2 is 2.19 bits per heavy atom. The van der Waals surface area contributed by atoms with E-state index in [1.807, 2.05) is 0 Å². The van der Waals surface area contributed by atoms with Crippen molar-refractivity contribution in [2.75, 3.05) is 19.7 Å². The second-order valence-electron chi connectivity index (χ2n) is 4.59. The molecular formula is C13H18ClN3O4. The molecule has 7 nitrogen and oxygen atoms in total. The second kappa shape index (κ2) is 6.84. The van der Waals surface area contributed by atoms with E-state index in [4.69, 9.17) is 10.5 Å². The normalized spacial score (nSPS) is 21.1. The smallest absolute Gasteiger partial charge is 0.357 e. The quantitative estimate of drug-likeness (QED) is 0.556. The first-order valence-corrected chi connectivity index (χ1v) is 6.40. The van der Waals surface area contributed by atoms with Gasteiger partial charge in [0.15, 0.2) is 11.5 Å². The van der Waals surface area contributed by atoms with Gasteiger partial charge in [0.1, 0.15) is 12.6 Å². The van der Waals surface area contributed by atoms with E-state index in [0.29, 0.717) is 5.57 Å². The maximum absolute atomic E-state index is 12.1. The number of amides is 1. The predicted octanol–water partition coefficient (Wildman–Crippen LogP) is -0.229. The molecule has 2 rings (SSSR count). The third-order valence-electron chi connectivity index (χ3n) is 3.24. The molecule has 1 saturated heterocycles. The largest absolute Gasteiger partial charge is 0.457 e. The molecule has 2 N–H and O–H groups in total. The van der Waals surface area contributed by atoms with Crippen LogP contribution in [0.4, 0.5) is 0 Å². The summed E-state index contributed by atoms with van der Waals surface area (Å²) < 4.78 is 4.96. The summed E-state index contributed by atoms with van der Waals surface area (Å²) in [4.78, 5) is 36.0. The highest BCUT2D eigenvalue weighted by Crippen LogP contribution is 2.30. The van der Waals surface area contributed by atoms with Crippen LogP contribution < -0.4 is 5.73 Å². The highest BCUT2D eigenvalue weighted by molar-refractivity contribution is 6.07. The van der Waals surface area contributed by atoms with Gasteiger partial charge in [0.05, 0.1) is 0 Å². The number of fused-ring (bicyclic) bond motifs is 1. The van der Waals surface area contributed by atoms with Crippen molar-refractivity contribution in [3.05, 3.63) is 23.9 Å². The van der Waals surface area contributed by atoms with Crippen molar-refractivity contribution in [2.45, 2.75) is 19.4 Å². The fraction of sp³-hybridized carbons (Fsp3) is 0.462. The molecule has 0 aromatic heterocycles. The fourth-order valence-electron chi connectivity index (χ4n) is 2.30. The van der Waals surface area contributed by atoms with Crippen LogP contribution in [-0.4, -0.2) is 53.4 Å². The summed E-state index contributed by atoms with van der Waals surface area (Å²) in [5.41, 5.74) is 5.98. The van der Waals surface area contributed by atoms with Crippen LogP contribution in [0.1, 0.15) is 13.3 Å². The first-order chi connectivity index (χ1) is 9.51. The molecule has 0 spiro atoms. The van der Waals surface area contributed by atoms with Gasteiger partial charge >= 0.3 is 5.97 Å². The number of nitrogens with two attached hydrogens (primary N) is 1. The minimum absolute atomic E-state index is 0. The van der Waals surface area contributed by atoms with Crippen LogP contribution in [0.25, 0.3) is 0 Å². The van der Waals surface area contributed by atoms with Gasteiger partial charge in [0.2, 0.25) is 0 Å². The van der Waals surface area contributed by atoms with Gasteiger partial charge < -0.3 is 10.5 Å². The SMILES string of the molecule is C=CCOC(=O)C1=C(C(=O)CC)CN2CC(N)C(=O)N12.Cl. The zero-order valence-electron chi connectivity index (χ0n) is 11.7.